The third-order valence-corrected chi connectivity index (χ3v) is 9.35. The molecule has 3 amide bonds. The molecule has 12 heteroatoms. The lowest BCUT2D eigenvalue weighted by Crippen LogP contribution is -2.37. The van der Waals surface area contributed by atoms with E-state index in [0.29, 0.717) is 24.9 Å². The molecule has 1 saturated heterocycles. The summed E-state index contributed by atoms with van der Waals surface area (Å²) in [7, 11) is 0. The van der Waals surface area contributed by atoms with Crippen LogP contribution in [0.25, 0.3) is 0 Å². The fourth-order valence-electron chi connectivity index (χ4n) is 6.11. The summed E-state index contributed by atoms with van der Waals surface area (Å²) < 4.78 is 27.4. The Morgan fingerprint density at radius 2 is 0.981 bits per heavy atom. The number of carbonyl (C=O) groups is 4. The number of hydrogen-bond acceptors (Lipinski definition) is 10. The second-order valence-corrected chi connectivity index (χ2v) is 14.2. The van der Waals surface area contributed by atoms with Crippen LogP contribution in [0, 0.1) is 0 Å². The lowest BCUT2D eigenvalue weighted by molar-refractivity contribution is -0.177. The van der Waals surface area contributed by atoms with Crippen molar-refractivity contribution in [2.24, 2.45) is 0 Å². The maximum absolute atomic E-state index is 12.3. The molecule has 0 aromatic heterocycles. The molecule has 0 aromatic carbocycles. The van der Waals surface area contributed by atoms with Gasteiger partial charge in [-0.05, 0) is 12.8 Å². The summed E-state index contributed by atoms with van der Waals surface area (Å²) in [6.07, 6.45) is 29.1. The number of hydroxylamine groups is 2. The molecule has 1 aliphatic rings. The van der Waals surface area contributed by atoms with E-state index < -0.39 is 24.1 Å². The average molecular weight is 757 g/mol. The first-order valence-electron chi connectivity index (χ1n) is 21.4. The molecular weight excluding hydrogens is 680 g/mol. The van der Waals surface area contributed by atoms with Gasteiger partial charge in [-0.2, -0.15) is 0 Å². The van der Waals surface area contributed by atoms with Gasteiger partial charge in [-0.3, -0.25) is 14.4 Å². The summed E-state index contributed by atoms with van der Waals surface area (Å²) in [6, 6.07) is 0. The van der Waals surface area contributed by atoms with Gasteiger partial charge >= 0.3 is 12.2 Å². The van der Waals surface area contributed by atoms with Gasteiger partial charge in [0.2, 0.25) is 0 Å². The Hall–Kier alpha value is -2.44. The van der Waals surface area contributed by atoms with Crippen LogP contribution < -0.4 is 5.32 Å². The molecule has 0 aliphatic carbocycles. The van der Waals surface area contributed by atoms with E-state index in [4.69, 9.17) is 23.7 Å². The number of imide groups is 1. The van der Waals surface area contributed by atoms with Crippen molar-refractivity contribution in [2.75, 3.05) is 52.8 Å². The van der Waals surface area contributed by atoms with Gasteiger partial charge in [0.1, 0.15) is 13.2 Å². The van der Waals surface area contributed by atoms with E-state index in [-0.39, 0.29) is 51.9 Å². The summed E-state index contributed by atoms with van der Waals surface area (Å²) in [4.78, 5) is 51.5. The molecule has 1 fully saturated rings. The van der Waals surface area contributed by atoms with Crippen LogP contribution in [0.3, 0.4) is 0 Å². The lowest BCUT2D eigenvalue weighted by atomic mass is 10.1. The third kappa shape index (κ3) is 30.6. The van der Waals surface area contributed by atoms with Crippen molar-refractivity contribution in [3.8, 4) is 0 Å². The maximum atomic E-state index is 12.3. The Balaban J connectivity index is 2.18. The molecule has 0 radical (unpaired) electrons. The molecule has 0 bridgehead atoms. The number of amides is 3. The maximum Gasteiger partial charge on any atom is 0.534 e. The minimum absolute atomic E-state index is 0.00322. The normalized spacial score (nSPS) is 13.4. The number of hydrogen-bond donors (Lipinski definition) is 1. The van der Waals surface area contributed by atoms with Gasteiger partial charge in [0.15, 0.2) is 0 Å². The Kier molecular flexibility index (Phi) is 33.5. The molecule has 1 aliphatic heterocycles. The molecule has 1 heterocycles. The van der Waals surface area contributed by atoms with Crippen molar-refractivity contribution in [1.82, 2.24) is 10.4 Å². The second-order valence-electron chi connectivity index (χ2n) is 14.2. The van der Waals surface area contributed by atoms with E-state index in [0.717, 1.165) is 19.3 Å². The van der Waals surface area contributed by atoms with Crippen molar-refractivity contribution in [3.63, 3.8) is 0 Å². The SMILES string of the molecule is CCCCCCCCCCCCCCOCC(CNC(=O)OCCOCCOC(=O)ON1C(=O)CCC1=O)OCCCCCCCCCCCCCC. The first-order valence-corrected chi connectivity index (χ1v) is 21.4. The van der Waals surface area contributed by atoms with Crippen LogP contribution in [0.4, 0.5) is 9.59 Å². The van der Waals surface area contributed by atoms with Gasteiger partial charge in [-0.1, -0.05) is 160 Å². The monoisotopic (exact) mass is 757 g/mol. The smallest absolute Gasteiger partial charge is 0.447 e. The minimum atomic E-state index is -1.17. The van der Waals surface area contributed by atoms with Crippen LogP contribution in [-0.2, 0) is 38.1 Å². The first kappa shape index (κ1) is 48.6. The van der Waals surface area contributed by atoms with E-state index >= 15 is 0 Å². The molecule has 1 rings (SSSR count). The summed E-state index contributed by atoms with van der Waals surface area (Å²) in [5.74, 6) is -1.17. The molecule has 0 saturated carbocycles. The summed E-state index contributed by atoms with van der Waals surface area (Å²) in [5.41, 5.74) is 0. The van der Waals surface area contributed by atoms with Gasteiger partial charge in [0.05, 0.1) is 25.9 Å². The zero-order chi connectivity index (χ0) is 38.5. The number of nitrogens with one attached hydrogen (secondary N) is 1. The highest BCUT2D eigenvalue weighted by Crippen LogP contribution is 2.14. The van der Waals surface area contributed by atoms with E-state index in [1.165, 1.54) is 135 Å². The van der Waals surface area contributed by atoms with Crippen molar-refractivity contribution in [1.29, 1.82) is 0 Å². The predicted molar refractivity (Wildman–Crippen MR) is 206 cm³/mol. The Labute approximate surface area is 321 Å². The third-order valence-electron chi connectivity index (χ3n) is 9.35. The highest BCUT2D eigenvalue weighted by Gasteiger charge is 2.33. The van der Waals surface area contributed by atoms with Crippen LogP contribution in [0.2, 0.25) is 0 Å². The van der Waals surface area contributed by atoms with Crippen LogP contribution in [-0.4, -0.2) is 88.0 Å². The Bertz CT molecular complexity index is 890. The zero-order valence-corrected chi connectivity index (χ0v) is 33.6. The number of carbonyl (C=O) groups excluding carboxylic acids is 4. The van der Waals surface area contributed by atoms with Crippen LogP contribution in [0.5, 0.6) is 0 Å². The molecule has 310 valence electrons. The minimum Gasteiger partial charge on any atom is -0.447 e. The molecule has 53 heavy (non-hydrogen) atoms. The van der Waals surface area contributed by atoms with Gasteiger partial charge in [-0.15, -0.1) is 0 Å². The molecule has 0 aromatic rings. The van der Waals surface area contributed by atoms with E-state index in [2.05, 4.69) is 24.0 Å². The van der Waals surface area contributed by atoms with Crippen molar-refractivity contribution >= 4 is 24.1 Å². The van der Waals surface area contributed by atoms with Crippen molar-refractivity contribution in [3.05, 3.63) is 0 Å². The molecular formula is C41H76N2O10. The zero-order valence-electron chi connectivity index (χ0n) is 33.6. The number of rotatable bonds is 38. The molecule has 1 unspecified atom stereocenters. The van der Waals surface area contributed by atoms with Gasteiger partial charge in [0.25, 0.3) is 11.8 Å². The Morgan fingerprint density at radius 3 is 1.47 bits per heavy atom. The van der Waals surface area contributed by atoms with Crippen LogP contribution in [0.15, 0.2) is 0 Å². The second kappa shape index (κ2) is 36.5. The topological polar surface area (TPSA) is 139 Å². The van der Waals surface area contributed by atoms with Gasteiger partial charge in [-0.25, -0.2) is 9.59 Å². The number of nitrogens with zero attached hydrogens (tertiary/aromatic N) is 1. The van der Waals surface area contributed by atoms with Gasteiger partial charge in [0, 0.05) is 32.6 Å². The average Bonchev–Trinajstić information content (AvgIpc) is 3.47. The highest BCUT2D eigenvalue weighted by atomic mass is 16.8. The predicted octanol–water partition coefficient (Wildman–Crippen LogP) is 9.75. The Morgan fingerprint density at radius 1 is 0.547 bits per heavy atom. The van der Waals surface area contributed by atoms with Crippen molar-refractivity contribution < 1.29 is 47.7 Å². The summed E-state index contributed by atoms with van der Waals surface area (Å²) in [6.45, 7) is 6.52. The summed E-state index contributed by atoms with van der Waals surface area (Å²) in [5, 5.41) is 3.18. The number of ether oxygens (including phenoxy) is 5. The number of alkyl carbamates (subject to hydrolysis) is 1. The quantitative estimate of drug-likeness (QED) is 0.0368. The fourth-order valence-corrected chi connectivity index (χ4v) is 6.11. The van der Waals surface area contributed by atoms with E-state index in [9.17, 15) is 19.2 Å². The highest BCUT2D eigenvalue weighted by molar-refractivity contribution is 6.01. The van der Waals surface area contributed by atoms with Gasteiger partial charge < -0.3 is 29.0 Å². The summed E-state index contributed by atoms with van der Waals surface area (Å²) >= 11 is 0. The fraction of sp³-hybridized carbons (Fsp3) is 0.902. The van der Waals surface area contributed by atoms with Crippen LogP contribution >= 0.6 is 0 Å². The largest absolute Gasteiger partial charge is 0.534 e. The molecule has 12 nitrogen and oxygen atoms in total. The lowest BCUT2D eigenvalue weighted by Gasteiger charge is -2.19. The standard InChI is InChI=1S/C41H76N2O10/c1-3-5-7-9-11-13-15-17-19-21-23-25-29-49-36-37(50-30-26-24-22-20-18-16-14-12-10-8-6-4-2)35-42-40(46)51-33-31-48-32-34-52-41(47)53-43-38(44)27-28-39(43)45/h37H,3-36H2,1-2H3,(H,42,46). The number of unbranched alkanes of at least 4 members (excludes halogenated alkanes) is 22. The molecule has 0 spiro atoms. The van der Waals surface area contributed by atoms with E-state index in [1.54, 1.807) is 0 Å². The van der Waals surface area contributed by atoms with E-state index in [1.807, 2.05) is 0 Å². The first-order chi connectivity index (χ1) is 26.0. The molecule has 1 N–H and O–H groups in total. The molecule has 1 atom stereocenters. The van der Waals surface area contributed by atoms with Crippen molar-refractivity contribution in [2.45, 2.75) is 187 Å². The van der Waals surface area contributed by atoms with Crippen LogP contribution in [0.1, 0.15) is 181 Å².